The number of ether oxygens (including phenoxy) is 1. The van der Waals surface area contributed by atoms with E-state index in [0.29, 0.717) is 36.7 Å². The molecule has 0 aromatic carbocycles. The molecule has 0 N–H and O–H groups in total. The largest absolute Gasteiger partial charge is 0.474 e. The van der Waals surface area contributed by atoms with Gasteiger partial charge in [0.25, 0.3) is 0 Å². The summed E-state index contributed by atoms with van der Waals surface area (Å²) in [4.78, 5) is 29.2. The molecule has 102 valence electrons. The normalized spacial score (nSPS) is 14.6. The van der Waals surface area contributed by atoms with Crippen LogP contribution in [0.2, 0.25) is 0 Å². The molecule has 1 aliphatic rings. The number of hydrogen-bond acceptors (Lipinski definition) is 4. The van der Waals surface area contributed by atoms with Crippen LogP contribution in [0.5, 0.6) is 5.88 Å². The standard InChI is InChI=1S/C14H18N2O3/c1-9-7-11-12(15-10(9)8-17)19-6-5-16(11)13(18)14(2,3)4/h7-8H,5-6H2,1-4H3. The number of aryl methyl sites for hydroxylation is 1. The fourth-order valence-electron chi connectivity index (χ4n) is 1.98. The number of rotatable bonds is 1. The summed E-state index contributed by atoms with van der Waals surface area (Å²) in [5.74, 6) is 0.383. The first-order valence-electron chi connectivity index (χ1n) is 6.26. The van der Waals surface area contributed by atoms with Crippen molar-refractivity contribution in [2.45, 2.75) is 27.7 Å². The van der Waals surface area contributed by atoms with Crippen LogP contribution in [0.15, 0.2) is 6.07 Å². The fourth-order valence-corrected chi connectivity index (χ4v) is 1.98. The smallest absolute Gasteiger partial charge is 0.238 e. The highest BCUT2D eigenvalue weighted by molar-refractivity contribution is 5.98. The average Bonchev–Trinajstić information content (AvgIpc) is 2.35. The second-order valence-electron chi connectivity index (χ2n) is 5.69. The third-order valence-electron chi connectivity index (χ3n) is 3.04. The molecule has 19 heavy (non-hydrogen) atoms. The maximum Gasteiger partial charge on any atom is 0.238 e. The van der Waals surface area contributed by atoms with Gasteiger partial charge in [-0.25, -0.2) is 4.98 Å². The number of fused-ring (bicyclic) bond motifs is 1. The Hall–Kier alpha value is -1.91. The van der Waals surface area contributed by atoms with Crippen LogP contribution in [0, 0.1) is 12.3 Å². The molecular formula is C14H18N2O3. The summed E-state index contributed by atoms with van der Waals surface area (Å²) in [6.07, 6.45) is 0.698. The highest BCUT2D eigenvalue weighted by Gasteiger charge is 2.32. The molecule has 5 nitrogen and oxygen atoms in total. The van der Waals surface area contributed by atoms with Crippen LogP contribution in [0.25, 0.3) is 0 Å². The molecule has 0 saturated heterocycles. The first kappa shape index (κ1) is 13.5. The Bertz CT molecular complexity index is 532. The molecule has 5 heteroatoms. The van der Waals surface area contributed by atoms with E-state index in [1.165, 1.54) is 0 Å². The van der Waals surface area contributed by atoms with E-state index < -0.39 is 5.41 Å². The molecule has 0 aliphatic carbocycles. The van der Waals surface area contributed by atoms with Gasteiger partial charge in [-0.3, -0.25) is 9.59 Å². The Morgan fingerprint density at radius 3 is 2.74 bits per heavy atom. The van der Waals surface area contributed by atoms with Crippen molar-refractivity contribution in [3.05, 3.63) is 17.3 Å². The predicted octanol–water partition coefficient (Wildman–Crippen LogP) is 1.97. The zero-order chi connectivity index (χ0) is 14.2. The van der Waals surface area contributed by atoms with Crippen LogP contribution >= 0.6 is 0 Å². The Balaban J connectivity index is 2.48. The van der Waals surface area contributed by atoms with E-state index in [0.717, 1.165) is 5.56 Å². The minimum absolute atomic E-state index is 0.0251. The summed E-state index contributed by atoms with van der Waals surface area (Å²) in [5.41, 5.74) is 1.27. The third-order valence-corrected chi connectivity index (χ3v) is 3.04. The molecule has 0 spiro atoms. The van der Waals surface area contributed by atoms with Gasteiger partial charge in [-0.2, -0.15) is 0 Å². The topological polar surface area (TPSA) is 59.5 Å². The SMILES string of the molecule is Cc1cc2c(nc1C=O)OCCN2C(=O)C(C)(C)C. The van der Waals surface area contributed by atoms with Crippen LogP contribution in [-0.4, -0.2) is 30.3 Å². The molecule has 1 amide bonds. The van der Waals surface area contributed by atoms with E-state index in [9.17, 15) is 9.59 Å². The number of carbonyl (C=O) groups excluding carboxylic acids is 2. The van der Waals surface area contributed by atoms with Crippen molar-refractivity contribution >= 4 is 17.9 Å². The Morgan fingerprint density at radius 1 is 1.47 bits per heavy atom. The average molecular weight is 262 g/mol. The molecule has 1 aliphatic heterocycles. The molecule has 0 fully saturated rings. The minimum Gasteiger partial charge on any atom is -0.474 e. The Kier molecular flexibility index (Phi) is 3.30. The first-order valence-corrected chi connectivity index (χ1v) is 6.26. The lowest BCUT2D eigenvalue weighted by molar-refractivity contribution is -0.126. The number of nitrogens with zero attached hydrogens (tertiary/aromatic N) is 2. The first-order chi connectivity index (χ1) is 8.84. The maximum absolute atomic E-state index is 12.4. The van der Waals surface area contributed by atoms with Crippen molar-refractivity contribution in [3.8, 4) is 5.88 Å². The second kappa shape index (κ2) is 4.64. The monoisotopic (exact) mass is 262 g/mol. The molecule has 0 atom stereocenters. The van der Waals surface area contributed by atoms with Crippen molar-refractivity contribution in [1.82, 2.24) is 4.98 Å². The zero-order valence-corrected chi connectivity index (χ0v) is 11.7. The highest BCUT2D eigenvalue weighted by atomic mass is 16.5. The Labute approximate surface area is 112 Å². The summed E-state index contributed by atoms with van der Waals surface area (Å²) >= 11 is 0. The lowest BCUT2D eigenvalue weighted by Crippen LogP contribution is -2.44. The van der Waals surface area contributed by atoms with E-state index in [2.05, 4.69) is 4.98 Å². The molecule has 0 bridgehead atoms. The molecule has 1 aromatic rings. The van der Waals surface area contributed by atoms with Gasteiger partial charge in [0.15, 0.2) is 6.29 Å². The van der Waals surface area contributed by atoms with Gasteiger partial charge in [-0.15, -0.1) is 0 Å². The van der Waals surface area contributed by atoms with E-state index in [4.69, 9.17) is 4.74 Å². The van der Waals surface area contributed by atoms with Crippen LogP contribution in [0.4, 0.5) is 5.69 Å². The number of pyridine rings is 1. The van der Waals surface area contributed by atoms with Crippen molar-refractivity contribution in [1.29, 1.82) is 0 Å². The van der Waals surface area contributed by atoms with E-state index >= 15 is 0 Å². The van der Waals surface area contributed by atoms with Gasteiger partial charge in [0, 0.05) is 5.41 Å². The summed E-state index contributed by atoms with van der Waals surface area (Å²) in [6.45, 7) is 8.33. The lowest BCUT2D eigenvalue weighted by Gasteiger charge is -2.33. The molecule has 2 rings (SSSR count). The third kappa shape index (κ3) is 2.45. The van der Waals surface area contributed by atoms with Crippen molar-refractivity contribution in [3.63, 3.8) is 0 Å². The van der Waals surface area contributed by atoms with Crippen LogP contribution in [-0.2, 0) is 4.79 Å². The number of aldehydes is 1. The molecular weight excluding hydrogens is 244 g/mol. The quantitative estimate of drug-likeness (QED) is 0.726. The zero-order valence-electron chi connectivity index (χ0n) is 11.7. The number of amides is 1. The van der Waals surface area contributed by atoms with Gasteiger partial charge >= 0.3 is 0 Å². The van der Waals surface area contributed by atoms with E-state index in [1.54, 1.807) is 17.9 Å². The lowest BCUT2D eigenvalue weighted by atomic mass is 9.94. The highest BCUT2D eigenvalue weighted by Crippen LogP contribution is 2.34. The summed E-state index contributed by atoms with van der Waals surface area (Å²) in [6, 6.07) is 1.79. The summed E-state index contributed by atoms with van der Waals surface area (Å²) < 4.78 is 5.45. The number of carbonyl (C=O) groups is 2. The number of hydrogen-bond donors (Lipinski definition) is 0. The molecule has 2 heterocycles. The molecule has 0 saturated carbocycles. The van der Waals surface area contributed by atoms with E-state index in [1.807, 2.05) is 20.8 Å². The van der Waals surface area contributed by atoms with Gasteiger partial charge in [0.1, 0.15) is 18.0 Å². The number of aromatic nitrogens is 1. The minimum atomic E-state index is -0.466. The van der Waals surface area contributed by atoms with Crippen molar-refractivity contribution in [2.75, 3.05) is 18.1 Å². The van der Waals surface area contributed by atoms with Crippen molar-refractivity contribution in [2.24, 2.45) is 5.41 Å². The van der Waals surface area contributed by atoms with Gasteiger partial charge in [-0.05, 0) is 18.6 Å². The number of anilines is 1. The van der Waals surface area contributed by atoms with Crippen LogP contribution in [0.3, 0.4) is 0 Å². The van der Waals surface area contributed by atoms with Crippen LogP contribution in [0.1, 0.15) is 36.8 Å². The van der Waals surface area contributed by atoms with Gasteiger partial charge < -0.3 is 9.64 Å². The summed E-state index contributed by atoms with van der Waals surface area (Å²) in [5, 5.41) is 0. The summed E-state index contributed by atoms with van der Waals surface area (Å²) in [7, 11) is 0. The molecule has 1 aromatic heterocycles. The van der Waals surface area contributed by atoms with Crippen molar-refractivity contribution < 1.29 is 14.3 Å². The van der Waals surface area contributed by atoms with Crippen LogP contribution < -0.4 is 9.64 Å². The maximum atomic E-state index is 12.4. The second-order valence-corrected chi connectivity index (χ2v) is 5.69. The van der Waals surface area contributed by atoms with Gasteiger partial charge in [-0.1, -0.05) is 20.8 Å². The Morgan fingerprint density at radius 2 is 2.16 bits per heavy atom. The van der Waals surface area contributed by atoms with E-state index in [-0.39, 0.29) is 5.91 Å². The molecule has 0 radical (unpaired) electrons. The fraction of sp³-hybridized carbons (Fsp3) is 0.500. The van der Waals surface area contributed by atoms with Gasteiger partial charge in [0.2, 0.25) is 11.8 Å². The predicted molar refractivity (Wildman–Crippen MR) is 71.7 cm³/mol. The molecule has 0 unspecified atom stereocenters. The van der Waals surface area contributed by atoms with Gasteiger partial charge in [0.05, 0.1) is 6.54 Å².